The fourth-order valence-electron chi connectivity index (χ4n) is 3.17. The molecule has 2 heteroatoms. The molecule has 0 aliphatic carbocycles. The van der Waals surface area contributed by atoms with Crippen LogP contribution in [0.4, 0.5) is 0 Å². The lowest BCUT2D eigenvalue weighted by molar-refractivity contribution is 0.0648. The maximum absolute atomic E-state index is 10.1. The van der Waals surface area contributed by atoms with Crippen LogP contribution in [0.2, 0.25) is 0 Å². The van der Waals surface area contributed by atoms with Gasteiger partial charge < -0.3 is 10.0 Å². The summed E-state index contributed by atoms with van der Waals surface area (Å²) in [5.74, 6) is 0. The molecular weight excluding hydrogens is 282 g/mol. The molecule has 2 nitrogen and oxygen atoms in total. The molecule has 126 valence electrons. The molecule has 0 saturated heterocycles. The summed E-state index contributed by atoms with van der Waals surface area (Å²) in [6.07, 6.45) is 10.7. The maximum atomic E-state index is 10.1. The Morgan fingerprint density at radius 2 is 1.57 bits per heavy atom. The number of rotatable bonds is 8. The highest BCUT2D eigenvalue weighted by atomic mass is 16.3. The molecule has 23 heavy (non-hydrogen) atoms. The molecule has 0 radical (unpaired) electrons. The summed E-state index contributed by atoms with van der Waals surface area (Å²) in [6, 6.07) is 9.11. The van der Waals surface area contributed by atoms with Crippen molar-refractivity contribution in [1.29, 1.82) is 0 Å². The van der Waals surface area contributed by atoms with E-state index >= 15 is 0 Å². The van der Waals surface area contributed by atoms with Gasteiger partial charge in [-0.1, -0.05) is 37.6 Å². The van der Waals surface area contributed by atoms with Crippen molar-refractivity contribution in [1.82, 2.24) is 4.90 Å². The van der Waals surface area contributed by atoms with Crippen molar-refractivity contribution >= 4 is 0 Å². The first kappa shape index (κ1) is 17.8. The Morgan fingerprint density at radius 3 is 2.13 bits per heavy atom. The van der Waals surface area contributed by atoms with E-state index in [0.717, 1.165) is 37.1 Å². The number of aliphatic hydroxyl groups is 1. The summed E-state index contributed by atoms with van der Waals surface area (Å²) >= 11 is 0. The van der Waals surface area contributed by atoms with Crippen LogP contribution in [0.3, 0.4) is 0 Å². The standard InChI is InChI=1S/C21H31NO/c1-4-5-8-19-10-12-20(13-11-19)9-6-7-14-22-18(3)15-17(2)16-21(22)23/h10-13,15-16,21,23H,4-9,14H2,1-3H3. The number of allylic oxidation sites excluding steroid dienone is 3. The third-order valence-corrected chi connectivity index (χ3v) is 4.58. The summed E-state index contributed by atoms with van der Waals surface area (Å²) < 4.78 is 0. The Bertz CT molecular complexity index is 541. The third-order valence-electron chi connectivity index (χ3n) is 4.58. The Hall–Kier alpha value is -1.54. The number of hydrogen-bond acceptors (Lipinski definition) is 2. The predicted molar refractivity (Wildman–Crippen MR) is 98.2 cm³/mol. The van der Waals surface area contributed by atoms with Crippen molar-refractivity contribution in [2.45, 2.75) is 65.5 Å². The van der Waals surface area contributed by atoms with Crippen molar-refractivity contribution < 1.29 is 5.11 Å². The lowest BCUT2D eigenvalue weighted by Crippen LogP contribution is -2.35. The van der Waals surface area contributed by atoms with E-state index in [-0.39, 0.29) is 0 Å². The van der Waals surface area contributed by atoms with Crippen LogP contribution in [0, 0.1) is 0 Å². The molecule has 1 heterocycles. The zero-order chi connectivity index (χ0) is 16.7. The van der Waals surface area contributed by atoms with Gasteiger partial charge in [0.1, 0.15) is 6.23 Å². The van der Waals surface area contributed by atoms with E-state index in [4.69, 9.17) is 0 Å². The molecule has 0 saturated carbocycles. The number of nitrogens with zero attached hydrogens (tertiary/aromatic N) is 1. The van der Waals surface area contributed by atoms with E-state index in [1.807, 2.05) is 13.0 Å². The lowest BCUT2D eigenvalue weighted by Gasteiger charge is -2.32. The minimum absolute atomic E-state index is 0.460. The molecular formula is C21H31NO. The van der Waals surface area contributed by atoms with Crippen molar-refractivity contribution in [2.24, 2.45) is 0 Å². The molecule has 0 bridgehead atoms. The Morgan fingerprint density at radius 1 is 0.957 bits per heavy atom. The zero-order valence-corrected chi connectivity index (χ0v) is 14.9. The van der Waals surface area contributed by atoms with Gasteiger partial charge >= 0.3 is 0 Å². The summed E-state index contributed by atoms with van der Waals surface area (Å²) in [5, 5.41) is 10.1. The van der Waals surface area contributed by atoms with E-state index in [0.29, 0.717) is 0 Å². The van der Waals surface area contributed by atoms with Gasteiger partial charge in [-0.05, 0) is 74.8 Å². The van der Waals surface area contributed by atoms with Gasteiger partial charge in [-0.25, -0.2) is 0 Å². The van der Waals surface area contributed by atoms with Gasteiger partial charge in [-0.15, -0.1) is 0 Å². The van der Waals surface area contributed by atoms with Gasteiger partial charge in [-0.3, -0.25) is 0 Å². The predicted octanol–water partition coefficient (Wildman–Crippen LogP) is 4.84. The number of aliphatic hydroxyl groups excluding tert-OH is 1. The number of hydrogen-bond donors (Lipinski definition) is 1. The highest BCUT2D eigenvalue weighted by Gasteiger charge is 2.16. The van der Waals surface area contributed by atoms with Gasteiger partial charge in [-0.2, -0.15) is 0 Å². The number of unbranched alkanes of at least 4 members (excludes halogenated alkanes) is 2. The Kier molecular flexibility index (Phi) is 6.91. The summed E-state index contributed by atoms with van der Waals surface area (Å²) in [4.78, 5) is 2.08. The van der Waals surface area contributed by atoms with Crippen LogP contribution in [0.5, 0.6) is 0 Å². The van der Waals surface area contributed by atoms with Gasteiger partial charge in [0.25, 0.3) is 0 Å². The molecule has 0 spiro atoms. The van der Waals surface area contributed by atoms with Gasteiger partial charge in [0.15, 0.2) is 0 Å². The first-order valence-electron chi connectivity index (χ1n) is 8.99. The Balaban J connectivity index is 1.72. The van der Waals surface area contributed by atoms with Crippen LogP contribution in [0.1, 0.15) is 57.6 Å². The fraction of sp³-hybridized carbons (Fsp3) is 0.524. The normalized spacial score (nSPS) is 17.9. The van der Waals surface area contributed by atoms with Crippen molar-refractivity contribution in [3.05, 3.63) is 58.8 Å². The Labute approximate surface area is 141 Å². The summed E-state index contributed by atoms with van der Waals surface area (Å²) in [5.41, 5.74) is 5.19. The van der Waals surface area contributed by atoms with Crippen molar-refractivity contribution in [3.63, 3.8) is 0 Å². The van der Waals surface area contributed by atoms with Crippen molar-refractivity contribution in [2.75, 3.05) is 6.54 Å². The van der Waals surface area contributed by atoms with Crippen LogP contribution < -0.4 is 0 Å². The molecule has 0 fully saturated rings. The minimum Gasteiger partial charge on any atom is -0.370 e. The van der Waals surface area contributed by atoms with Crippen molar-refractivity contribution in [3.8, 4) is 0 Å². The highest BCUT2D eigenvalue weighted by Crippen LogP contribution is 2.19. The fourth-order valence-corrected chi connectivity index (χ4v) is 3.17. The van der Waals surface area contributed by atoms with Crippen LogP contribution in [-0.2, 0) is 12.8 Å². The van der Waals surface area contributed by atoms with E-state index in [1.54, 1.807) is 0 Å². The second-order valence-corrected chi connectivity index (χ2v) is 6.68. The van der Waals surface area contributed by atoms with Crippen LogP contribution in [-0.4, -0.2) is 22.8 Å². The van der Waals surface area contributed by atoms with Gasteiger partial charge in [0, 0.05) is 12.2 Å². The smallest absolute Gasteiger partial charge is 0.146 e. The molecule has 1 aliphatic rings. The average molecular weight is 313 g/mol. The quantitative estimate of drug-likeness (QED) is 0.694. The second-order valence-electron chi connectivity index (χ2n) is 6.68. The first-order chi connectivity index (χ1) is 11.1. The van der Waals surface area contributed by atoms with E-state index in [1.165, 1.54) is 30.4 Å². The van der Waals surface area contributed by atoms with E-state index in [2.05, 4.69) is 49.1 Å². The average Bonchev–Trinajstić information content (AvgIpc) is 2.52. The molecule has 1 N–H and O–H groups in total. The molecule has 1 atom stereocenters. The molecule has 1 aromatic rings. The van der Waals surface area contributed by atoms with Crippen LogP contribution >= 0.6 is 0 Å². The zero-order valence-electron chi connectivity index (χ0n) is 14.9. The van der Waals surface area contributed by atoms with E-state index in [9.17, 15) is 5.11 Å². The molecule has 1 aromatic carbocycles. The first-order valence-corrected chi connectivity index (χ1v) is 8.99. The molecule has 0 amide bonds. The van der Waals surface area contributed by atoms with Crippen LogP contribution in [0.15, 0.2) is 47.7 Å². The summed E-state index contributed by atoms with van der Waals surface area (Å²) in [6.45, 7) is 7.27. The monoisotopic (exact) mass is 313 g/mol. The molecule has 1 aliphatic heterocycles. The van der Waals surface area contributed by atoms with E-state index < -0.39 is 6.23 Å². The largest absolute Gasteiger partial charge is 0.370 e. The molecule has 2 rings (SSSR count). The maximum Gasteiger partial charge on any atom is 0.146 e. The topological polar surface area (TPSA) is 23.5 Å². The third kappa shape index (κ3) is 5.54. The molecule has 0 aromatic heterocycles. The highest BCUT2D eigenvalue weighted by molar-refractivity contribution is 5.26. The molecule has 1 unspecified atom stereocenters. The number of aryl methyl sites for hydroxylation is 2. The lowest BCUT2D eigenvalue weighted by atomic mass is 10.0. The summed E-state index contributed by atoms with van der Waals surface area (Å²) in [7, 11) is 0. The van der Waals surface area contributed by atoms with Gasteiger partial charge in [0.05, 0.1) is 0 Å². The van der Waals surface area contributed by atoms with Crippen LogP contribution in [0.25, 0.3) is 0 Å². The number of benzene rings is 1. The van der Waals surface area contributed by atoms with Gasteiger partial charge in [0.2, 0.25) is 0 Å². The SMILES string of the molecule is CCCCc1ccc(CCCCN2C(C)=CC(C)=CC2O)cc1. The second kappa shape index (κ2) is 8.93. The minimum atomic E-state index is -0.460.